The Labute approximate surface area is 193 Å². The van der Waals surface area contributed by atoms with Crippen molar-refractivity contribution in [3.63, 3.8) is 0 Å². The first-order valence-corrected chi connectivity index (χ1v) is 10.1. The van der Waals surface area contributed by atoms with Crippen molar-refractivity contribution in [1.29, 1.82) is 0 Å². The van der Waals surface area contributed by atoms with E-state index in [0.717, 1.165) is 14.0 Å². The molecule has 0 aromatic heterocycles. The molecule has 9 nitrogen and oxygen atoms in total. The predicted molar refractivity (Wildman–Crippen MR) is 118 cm³/mol. The Morgan fingerprint density at radius 2 is 1.39 bits per heavy atom. The van der Waals surface area contributed by atoms with Gasteiger partial charge in [-0.2, -0.15) is 0 Å². The maximum atomic E-state index is 13.3. The van der Waals surface area contributed by atoms with E-state index >= 15 is 0 Å². The van der Waals surface area contributed by atoms with Crippen LogP contribution < -0.4 is 0 Å². The Kier molecular flexibility index (Phi) is 9.14. The van der Waals surface area contributed by atoms with Crippen LogP contribution in [0.4, 0.5) is 14.0 Å². The van der Waals surface area contributed by atoms with E-state index in [1.165, 1.54) is 30.3 Å². The fraction of sp³-hybridized carbons (Fsp3) is 0.478. The molecule has 0 heterocycles. The summed E-state index contributed by atoms with van der Waals surface area (Å²) >= 11 is 0. The molecule has 0 atom stereocenters. The van der Waals surface area contributed by atoms with Gasteiger partial charge in [-0.25, -0.2) is 23.8 Å². The molecule has 0 unspecified atom stereocenters. The normalized spacial score (nSPS) is 12.0. The number of hydrogen-bond donors (Lipinski definition) is 0. The molecule has 0 aliphatic carbocycles. The van der Waals surface area contributed by atoms with Crippen molar-refractivity contribution in [3.8, 4) is 0 Å². The van der Waals surface area contributed by atoms with Crippen LogP contribution in [0.15, 0.2) is 29.8 Å². The molecule has 0 radical (unpaired) electrons. The molecule has 0 fully saturated rings. The third-order valence-electron chi connectivity index (χ3n) is 3.69. The summed E-state index contributed by atoms with van der Waals surface area (Å²) in [5.41, 5.74) is -1.63. The fourth-order valence-electron chi connectivity index (χ4n) is 2.46. The summed E-state index contributed by atoms with van der Waals surface area (Å²) in [5, 5.41) is 1.12. The lowest BCUT2D eigenvalue weighted by molar-refractivity contribution is -0.144. The first-order chi connectivity index (χ1) is 15.0. The van der Waals surface area contributed by atoms with Crippen molar-refractivity contribution in [3.05, 3.63) is 41.2 Å². The molecule has 1 rings (SSSR count). The summed E-state index contributed by atoms with van der Waals surface area (Å²) < 4.78 is 28.7. The molecule has 10 heteroatoms. The van der Waals surface area contributed by atoms with Gasteiger partial charge in [0, 0.05) is 6.92 Å². The maximum absolute atomic E-state index is 13.3. The molecule has 3 amide bonds. The van der Waals surface area contributed by atoms with E-state index in [4.69, 9.17) is 14.2 Å². The number of rotatable bonds is 4. The average molecular weight is 467 g/mol. The van der Waals surface area contributed by atoms with Crippen molar-refractivity contribution in [2.75, 3.05) is 13.7 Å². The average Bonchev–Trinajstić information content (AvgIpc) is 2.64. The van der Waals surface area contributed by atoms with Crippen LogP contribution in [0.2, 0.25) is 0 Å². The summed E-state index contributed by atoms with van der Waals surface area (Å²) in [5.74, 6) is -2.16. The number of hydrogen-bond acceptors (Lipinski definition) is 7. The SMILES string of the molecule is COC(=O)/C(=C\c1ccc(F)cc1)CN(C(=O)OC(C)(C)C)N(C(C)=O)C(=O)OC(C)(C)C. The number of imide groups is 1. The second kappa shape index (κ2) is 10.9. The summed E-state index contributed by atoms with van der Waals surface area (Å²) in [6.07, 6.45) is -0.861. The van der Waals surface area contributed by atoms with Gasteiger partial charge in [-0.15, -0.1) is 5.01 Å². The number of amides is 3. The van der Waals surface area contributed by atoms with Gasteiger partial charge in [0.05, 0.1) is 19.2 Å². The Morgan fingerprint density at radius 3 is 1.82 bits per heavy atom. The molecule has 1 aromatic rings. The van der Waals surface area contributed by atoms with E-state index in [9.17, 15) is 23.6 Å². The molecule has 0 aliphatic rings. The molecule has 0 aliphatic heterocycles. The standard InChI is InChI=1S/C23H31FN2O7/c1-15(27)26(21(30)33-23(5,6)7)25(20(29)32-22(2,3)4)14-17(19(28)31-8)13-16-9-11-18(24)12-10-16/h9-13H,14H2,1-8H3/b17-13-. The summed E-state index contributed by atoms with van der Waals surface area (Å²) in [6, 6.07) is 5.20. The smallest absolute Gasteiger partial charge is 0.436 e. The summed E-state index contributed by atoms with van der Waals surface area (Å²) in [7, 11) is 1.13. The van der Waals surface area contributed by atoms with Crippen LogP contribution in [0.5, 0.6) is 0 Å². The fourth-order valence-corrected chi connectivity index (χ4v) is 2.46. The van der Waals surface area contributed by atoms with E-state index < -0.39 is 47.6 Å². The van der Waals surface area contributed by atoms with E-state index in [0.29, 0.717) is 15.6 Å². The first kappa shape index (κ1) is 27.6. The van der Waals surface area contributed by atoms with Crippen LogP contribution in [-0.2, 0) is 23.8 Å². The lowest BCUT2D eigenvalue weighted by Gasteiger charge is -2.35. The zero-order valence-corrected chi connectivity index (χ0v) is 20.2. The number of halogens is 1. The monoisotopic (exact) mass is 466 g/mol. The number of esters is 1. The van der Waals surface area contributed by atoms with Crippen LogP contribution >= 0.6 is 0 Å². The largest absolute Gasteiger partial charge is 0.466 e. The second-order valence-electron chi connectivity index (χ2n) is 9.06. The molecule has 0 spiro atoms. The van der Waals surface area contributed by atoms with E-state index in [1.807, 2.05) is 0 Å². The van der Waals surface area contributed by atoms with Gasteiger partial charge < -0.3 is 14.2 Å². The minimum Gasteiger partial charge on any atom is -0.466 e. The molecule has 0 bridgehead atoms. The molecule has 0 saturated carbocycles. The highest BCUT2D eigenvalue weighted by Crippen LogP contribution is 2.19. The van der Waals surface area contributed by atoms with Gasteiger partial charge in [-0.05, 0) is 65.3 Å². The Balaban J connectivity index is 3.52. The predicted octanol–water partition coefficient (Wildman–Crippen LogP) is 4.32. The van der Waals surface area contributed by atoms with Crippen LogP contribution in [0, 0.1) is 5.82 Å². The Bertz CT molecular complexity index is 912. The third-order valence-corrected chi connectivity index (χ3v) is 3.69. The maximum Gasteiger partial charge on any atom is 0.436 e. The van der Waals surface area contributed by atoms with E-state index in [2.05, 4.69) is 0 Å². The second-order valence-corrected chi connectivity index (χ2v) is 9.06. The van der Waals surface area contributed by atoms with Crippen molar-refractivity contribution < 1.29 is 37.8 Å². The highest BCUT2D eigenvalue weighted by Gasteiger charge is 2.37. The van der Waals surface area contributed by atoms with Crippen molar-refractivity contribution in [1.82, 2.24) is 10.0 Å². The van der Waals surface area contributed by atoms with Gasteiger partial charge >= 0.3 is 18.2 Å². The number of hydrazine groups is 1. The minimum absolute atomic E-state index is 0.107. The molecule has 1 aromatic carbocycles. The zero-order valence-electron chi connectivity index (χ0n) is 20.2. The molecular weight excluding hydrogens is 435 g/mol. The number of benzene rings is 1. The Hall–Kier alpha value is -3.43. The lowest BCUT2D eigenvalue weighted by Crippen LogP contribution is -2.55. The van der Waals surface area contributed by atoms with E-state index in [1.54, 1.807) is 41.5 Å². The zero-order chi connectivity index (χ0) is 25.6. The molecule has 182 valence electrons. The van der Waals surface area contributed by atoms with Crippen LogP contribution in [0.1, 0.15) is 54.0 Å². The van der Waals surface area contributed by atoms with Gasteiger partial charge in [-0.1, -0.05) is 12.1 Å². The van der Waals surface area contributed by atoms with Crippen molar-refractivity contribution in [2.45, 2.75) is 59.7 Å². The van der Waals surface area contributed by atoms with Crippen molar-refractivity contribution >= 4 is 30.1 Å². The van der Waals surface area contributed by atoms with Gasteiger partial charge in [-0.3, -0.25) is 4.79 Å². The Morgan fingerprint density at radius 1 is 0.909 bits per heavy atom. The van der Waals surface area contributed by atoms with E-state index in [-0.39, 0.29) is 5.57 Å². The molecule has 0 saturated heterocycles. The van der Waals surface area contributed by atoms with Gasteiger partial charge in [0.2, 0.25) is 5.91 Å². The summed E-state index contributed by atoms with van der Waals surface area (Å²) in [6.45, 7) is 10.1. The lowest BCUT2D eigenvalue weighted by atomic mass is 10.1. The van der Waals surface area contributed by atoms with Gasteiger partial charge in [0.15, 0.2) is 0 Å². The minimum atomic E-state index is -1.13. The number of carbonyl (C=O) groups excluding carboxylic acids is 4. The number of nitrogens with zero attached hydrogens (tertiary/aromatic N) is 2. The van der Waals surface area contributed by atoms with Crippen LogP contribution in [0.25, 0.3) is 6.08 Å². The molecule has 0 N–H and O–H groups in total. The third kappa shape index (κ3) is 9.30. The molecular formula is C23H31FN2O7. The van der Waals surface area contributed by atoms with Gasteiger partial charge in [0.25, 0.3) is 0 Å². The van der Waals surface area contributed by atoms with Crippen LogP contribution in [-0.4, -0.2) is 58.9 Å². The van der Waals surface area contributed by atoms with Crippen molar-refractivity contribution in [2.24, 2.45) is 0 Å². The summed E-state index contributed by atoms with van der Waals surface area (Å²) in [4.78, 5) is 50.6. The number of methoxy groups -OCH3 is 1. The van der Waals surface area contributed by atoms with Crippen LogP contribution in [0.3, 0.4) is 0 Å². The number of carbonyl (C=O) groups is 4. The quantitative estimate of drug-likeness (QED) is 0.282. The molecule has 33 heavy (non-hydrogen) atoms. The van der Waals surface area contributed by atoms with Gasteiger partial charge in [0.1, 0.15) is 17.0 Å². The highest BCUT2D eigenvalue weighted by molar-refractivity contribution is 5.96. The highest BCUT2D eigenvalue weighted by atomic mass is 19.1. The number of ether oxygens (including phenoxy) is 3. The topological polar surface area (TPSA) is 102 Å². The first-order valence-electron chi connectivity index (χ1n) is 10.1.